The van der Waals surface area contributed by atoms with E-state index in [1.165, 1.54) is 0 Å². The van der Waals surface area contributed by atoms with E-state index < -0.39 is 24.2 Å². The first kappa shape index (κ1) is 26.4. The standard InChI is InChI=1S/C28H38N4O3/c1-4-12-19(5-2)25(20-13-8-7-9-14-20)31-27(34)24-18-17-21-15-10-11-16-23(28(35)32(21)24)30-26(33)22(29)6-3/h4-5,7-9,12-14,21-25H,1-2,6,10-11,15-18,29H2,3H3,(H,30,33)(H,31,34)/b19-12+. The third kappa shape index (κ3) is 6.28. The molecule has 2 aliphatic heterocycles. The van der Waals surface area contributed by atoms with Crippen LogP contribution in [0.5, 0.6) is 0 Å². The number of rotatable bonds is 9. The predicted octanol–water partition coefficient (Wildman–Crippen LogP) is 3.30. The van der Waals surface area contributed by atoms with Crippen molar-refractivity contribution in [2.75, 3.05) is 0 Å². The minimum Gasteiger partial charge on any atom is -0.343 e. The van der Waals surface area contributed by atoms with Crippen molar-refractivity contribution in [2.45, 2.75) is 82.1 Å². The summed E-state index contributed by atoms with van der Waals surface area (Å²) in [6.45, 7) is 9.52. The number of nitrogens with zero attached hydrogens (tertiary/aromatic N) is 1. The van der Waals surface area contributed by atoms with Gasteiger partial charge in [0.2, 0.25) is 17.7 Å². The van der Waals surface area contributed by atoms with Crippen LogP contribution >= 0.6 is 0 Å². The Labute approximate surface area is 208 Å². The summed E-state index contributed by atoms with van der Waals surface area (Å²) in [5, 5.41) is 6.01. The van der Waals surface area contributed by atoms with Crippen LogP contribution in [0.25, 0.3) is 0 Å². The molecule has 7 nitrogen and oxygen atoms in total. The van der Waals surface area contributed by atoms with Crippen molar-refractivity contribution in [3.63, 3.8) is 0 Å². The highest BCUT2D eigenvalue weighted by atomic mass is 16.2. The molecule has 0 spiro atoms. The number of nitrogens with two attached hydrogens (primary N) is 1. The van der Waals surface area contributed by atoms with Crippen LogP contribution in [0, 0.1) is 0 Å². The topological polar surface area (TPSA) is 105 Å². The van der Waals surface area contributed by atoms with Gasteiger partial charge in [-0.1, -0.05) is 81.5 Å². The van der Waals surface area contributed by atoms with Gasteiger partial charge in [0.15, 0.2) is 0 Å². The fourth-order valence-electron chi connectivity index (χ4n) is 5.05. The molecule has 7 heteroatoms. The van der Waals surface area contributed by atoms with E-state index in [0.29, 0.717) is 19.3 Å². The van der Waals surface area contributed by atoms with Gasteiger partial charge in [0.05, 0.1) is 12.1 Å². The summed E-state index contributed by atoms with van der Waals surface area (Å²) < 4.78 is 0. The number of allylic oxidation sites excluding steroid dienone is 2. The zero-order valence-electron chi connectivity index (χ0n) is 20.6. The predicted molar refractivity (Wildman–Crippen MR) is 138 cm³/mol. The zero-order chi connectivity index (χ0) is 25.4. The third-order valence-electron chi connectivity index (χ3n) is 7.03. The Hall–Kier alpha value is -3.19. The summed E-state index contributed by atoms with van der Waals surface area (Å²) in [5.74, 6) is -0.717. The molecular formula is C28H38N4O3. The van der Waals surface area contributed by atoms with Gasteiger partial charge in [-0.3, -0.25) is 14.4 Å². The minimum atomic E-state index is -0.661. The normalized spacial score (nSPS) is 24.4. The van der Waals surface area contributed by atoms with Crippen LogP contribution in [-0.2, 0) is 14.4 Å². The molecule has 0 aromatic heterocycles. The van der Waals surface area contributed by atoms with Crippen molar-refractivity contribution in [3.8, 4) is 0 Å². The Kier molecular flexibility index (Phi) is 9.43. The number of carbonyl (C=O) groups excluding carboxylic acids is 3. The summed E-state index contributed by atoms with van der Waals surface area (Å²) in [6, 6.07) is 7.34. The van der Waals surface area contributed by atoms with E-state index in [4.69, 9.17) is 5.73 Å². The lowest BCUT2D eigenvalue weighted by Crippen LogP contribution is -2.58. The molecule has 0 bridgehead atoms. The summed E-state index contributed by atoms with van der Waals surface area (Å²) in [7, 11) is 0. The number of amides is 3. The first-order valence-corrected chi connectivity index (χ1v) is 12.6. The zero-order valence-corrected chi connectivity index (χ0v) is 20.6. The Morgan fingerprint density at radius 2 is 1.86 bits per heavy atom. The van der Waals surface area contributed by atoms with Gasteiger partial charge in [0, 0.05) is 6.04 Å². The third-order valence-corrected chi connectivity index (χ3v) is 7.03. The van der Waals surface area contributed by atoms with E-state index in [0.717, 1.165) is 36.8 Å². The first-order valence-electron chi connectivity index (χ1n) is 12.6. The van der Waals surface area contributed by atoms with E-state index in [1.807, 2.05) is 43.3 Å². The lowest BCUT2D eigenvalue weighted by atomic mass is 9.97. The van der Waals surface area contributed by atoms with Crippen molar-refractivity contribution in [1.82, 2.24) is 15.5 Å². The summed E-state index contributed by atoms with van der Waals surface area (Å²) in [6.07, 6.45) is 10.3. The number of hydrogen-bond acceptors (Lipinski definition) is 4. The van der Waals surface area contributed by atoms with Gasteiger partial charge in [0.1, 0.15) is 12.1 Å². The highest BCUT2D eigenvalue weighted by molar-refractivity contribution is 5.94. The molecule has 3 amide bonds. The maximum absolute atomic E-state index is 13.6. The fourth-order valence-corrected chi connectivity index (χ4v) is 5.05. The molecular weight excluding hydrogens is 440 g/mol. The van der Waals surface area contributed by atoms with E-state index in [1.54, 1.807) is 17.1 Å². The number of nitrogens with one attached hydrogen (secondary N) is 2. The van der Waals surface area contributed by atoms with Crippen molar-refractivity contribution in [3.05, 3.63) is 72.9 Å². The van der Waals surface area contributed by atoms with E-state index >= 15 is 0 Å². The highest BCUT2D eigenvalue weighted by Crippen LogP contribution is 2.32. The van der Waals surface area contributed by atoms with Gasteiger partial charge in [-0.25, -0.2) is 0 Å². The van der Waals surface area contributed by atoms with Gasteiger partial charge in [0.25, 0.3) is 0 Å². The molecule has 0 radical (unpaired) electrons. The number of benzene rings is 1. The van der Waals surface area contributed by atoms with Crippen LogP contribution < -0.4 is 16.4 Å². The summed E-state index contributed by atoms with van der Waals surface area (Å²) >= 11 is 0. The first-order chi connectivity index (χ1) is 16.9. The molecule has 5 atom stereocenters. The molecule has 1 aromatic rings. The van der Waals surface area contributed by atoms with E-state index in [-0.39, 0.29) is 23.8 Å². The molecule has 4 N–H and O–H groups in total. The summed E-state index contributed by atoms with van der Waals surface area (Å²) in [4.78, 5) is 41.5. The number of carbonyl (C=O) groups is 3. The van der Waals surface area contributed by atoms with Crippen LogP contribution in [0.1, 0.15) is 63.5 Å². The largest absolute Gasteiger partial charge is 0.343 e. The summed E-state index contributed by atoms with van der Waals surface area (Å²) in [5.41, 5.74) is 7.62. The molecule has 0 saturated carbocycles. The highest BCUT2D eigenvalue weighted by Gasteiger charge is 2.44. The number of hydrogen-bond donors (Lipinski definition) is 3. The monoisotopic (exact) mass is 478 g/mol. The van der Waals surface area contributed by atoms with Crippen LogP contribution in [-0.4, -0.2) is 46.8 Å². The van der Waals surface area contributed by atoms with Gasteiger partial charge < -0.3 is 21.3 Å². The molecule has 2 aliphatic rings. The van der Waals surface area contributed by atoms with Crippen LogP contribution in [0.2, 0.25) is 0 Å². The second kappa shape index (κ2) is 12.5. The van der Waals surface area contributed by atoms with Crippen molar-refractivity contribution >= 4 is 17.7 Å². The van der Waals surface area contributed by atoms with Gasteiger partial charge in [-0.05, 0) is 43.2 Å². The fraction of sp³-hybridized carbons (Fsp3) is 0.464. The van der Waals surface area contributed by atoms with Gasteiger partial charge in [-0.15, -0.1) is 0 Å². The van der Waals surface area contributed by atoms with Crippen molar-refractivity contribution in [2.24, 2.45) is 5.73 Å². The second-order valence-corrected chi connectivity index (χ2v) is 9.31. The molecule has 5 unspecified atom stereocenters. The molecule has 2 heterocycles. The Balaban J connectivity index is 1.84. The Bertz CT molecular complexity index is 958. The quantitative estimate of drug-likeness (QED) is 0.474. The maximum atomic E-state index is 13.6. The molecule has 1 aromatic carbocycles. The average molecular weight is 479 g/mol. The molecule has 0 aliphatic carbocycles. The molecule has 35 heavy (non-hydrogen) atoms. The molecule has 188 valence electrons. The maximum Gasteiger partial charge on any atom is 0.246 e. The Morgan fingerprint density at radius 3 is 2.51 bits per heavy atom. The minimum absolute atomic E-state index is 0.00410. The second-order valence-electron chi connectivity index (χ2n) is 9.31. The molecule has 2 saturated heterocycles. The Morgan fingerprint density at radius 1 is 1.14 bits per heavy atom. The van der Waals surface area contributed by atoms with Crippen LogP contribution in [0.4, 0.5) is 0 Å². The molecule has 2 fully saturated rings. The lowest BCUT2D eigenvalue weighted by Gasteiger charge is -2.36. The molecule has 3 rings (SSSR count). The van der Waals surface area contributed by atoms with Gasteiger partial charge >= 0.3 is 0 Å². The lowest BCUT2D eigenvalue weighted by molar-refractivity contribution is -0.144. The SMILES string of the molecule is C=C/C=C(\C=C)C(NC(=O)C1CCC2CCCCC(NC(=O)C(N)CC)C(=O)N21)c1ccccc1. The van der Waals surface area contributed by atoms with Gasteiger partial charge in [-0.2, -0.15) is 0 Å². The smallest absolute Gasteiger partial charge is 0.246 e. The van der Waals surface area contributed by atoms with E-state index in [2.05, 4.69) is 23.8 Å². The van der Waals surface area contributed by atoms with Crippen LogP contribution in [0.3, 0.4) is 0 Å². The number of fused-ring (bicyclic) bond motifs is 1. The van der Waals surface area contributed by atoms with E-state index in [9.17, 15) is 14.4 Å². The van der Waals surface area contributed by atoms with Crippen molar-refractivity contribution in [1.29, 1.82) is 0 Å². The average Bonchev–Trinajstić information content (AvgIpc) is 3.29. The van der Waals surface area contributed by atoms with Crippen molar-refractivity contribution < 1.29 is 14.4 Å². The van der Waals surface area contributed by atoms with Crippen LogP contribution in [0.15, 0.2) is 67.3 Å².